The van der Waals surface area contributed by atoms with Crippen molar-refractivity contribution in [2.75, 3.05) is 14.2 Å². The Morgan fingerprint density at radius 2 is 2.00 bits per heavy atom. The minimum Gasteiger partial charge on any atom is -0.465 e. The van der Waals surface area contributed by atoms with Gasteiger partial charge in [-0.2, -0.15) is 0 Å². The Labute approximate surface area is 146 Å². The number of hydrogen-bond acceptors (Lipinski definition) is 3. The molecular weight excluding hydrogens is 323 g/mol. The first-order chi connectivity index (χ1) is 11.8. The van der Waals surface area contributed by atoms with Crippen LogP contribution < -0.4 is 4.90 Å². The fourth-order valence-electron chi connectivity index (χ4n) is 2.97. The van der Waals surface area contributed by atoms with Crippen molar-refractivity contribution in [3.05, 3.63) is 58.2 Å². The Kier molecular flexibility index (Phi) is 5.74. The van der Waals surface area contributed by atoms with Gasteiger partial charge < -0.3 is 14.6 Å². The lowest BCUT2D eigenvalue weighted by Gasteiger charge is -2.20. The Balaban J connectivity index is 2.21. The van der Waals surface area contributed by atoms with Crippen molar-refractivity contribution in [3.63, 3.8) is 0 Å². The number of carbonyl (C=O) groups is 2. The maximum atomic E-state index is 13.3. The number of aromatic amines is 1. The molecule has 2 rings (SSSR count). The molecule has 0 amide bonds. The van der Waals surface area contributed by atoms with Crippen LogP contribution in [0.3, 0.4) is 0 Å². The molecule has 1 unspecified atom stereocenters. The molecule has 2 N–H and O–H groups in total. The number of esters is 1. The van der Waals surface area contributed by atoms with E-state index in [1.165, 1.54) is 19.2 Å². The number of benzene rings is 1. The number of nitrogens with one attached hydrogen (secondary N) is 2. The van der Waals surface area contributed by atoms with E-state index in [1.807, 2.05) is 20.0 Å². The highest BCUT2D eigenvalue weighted by atomic mass is 19.1. The molecular formula is C19H24FN2O3+. The third-order valence-corrected chi connectivity index (χ3v) is 4.58. The zero-order chi connectivity index (χ0) is 18.7. The van der Waals surface area contributed by atoms with Gasteiger partial charge in [-0.3, -0.25) is 4.79 Å². The second kappa shape index (κ2) is 7.61. The van der Waals surface area contributed by atoms with Crippen molar-refractivity contribution < 1.29 is 23.6 Å². The van der Waals surface area contributed by atoms with Gasteiger partial charge >= 0.3 is 5.97 Å². The number of hydrogen-bond donors (Lipinski definition) is 2. The average Bonchev–Trinajstić information content (AvgIpc) is 2.87. The first kappa shape index (κ1) is 18.9. The number of H-pyrrole nitrogens is 1. The zero-order valence-corrected chi connectivity index (χ0v) is 15.2. The second-order valence-electron chi connectivity index (χ2n) is 6.36. The van der Waals surface area contributed by atoms with Crippen LogP contribution in [0.1, 0.15) is 44.6 Å². The highest BCUT2D eigenvalue weighted by Crippen LogP contribution is 2.19. The summed E-state index contributed by atoms with van der Waals surface area (Å²) in [4.78, 5) is 28.7. The van der Waals surface area contributed by atoms with Crippen molar-refractivity contribution in [3.8, 4) is 0 Å². The maximum Gasteiger partial charge on any atom is 0.339 e. The number of methoxy groups -OCH3 is 1. The maximum absolute atomic E-state index is 13.3. The van der Waals surface area contributed by atoms with Crippen LogP contribution in [0.5, 0.6) is 0 Å². The fraction of sp³-hybridized carbons (Fsp3) is 0.368. The lowest BCUT2D eigenvalue weighted by atomic mass is 10.0. The average molecular weight is 347 g/mol. The zero-order valence-electron chi connectivity index (χ0n) is 15.2. The molecule has 0 radical (unpaired) electrons. The molecule has 5 nitrogen and oxygen atoms in total. The molecule has 0 bridgehead atoms. The fourth-order valence-corrected chi connectivity index (χ4v) is 2.97. The van der Waals surface area contributed by atoms with E-state index in [1.54, 1.807) is 19.9 Å². The molecule has 1 aromatic heterocycles. The van der Waals surface area contributed by atoms with Crippen LogP contribution in [0.4, 0.5) is 4.39 Å². The van der Waals surface area contributed by atoms with E-state index >= 15 is 0 Å². The number of rotatable bonds is 6. The summed E-state index contributed by atoms with van der Waals surface area (Å²) in [5.74, 6) is -0.842. The van der Waals surface area contributed by atoms with E-state index in [4.69, 9.17) is 4.74 Å². The van der Waals surface area contributed by atoms with Crippen molar-refractivity contribution in [2.45, 2.75) is 33.4 Å². The van der Waals surface area contributed by atoms with Crippen LogP contribution in [0.2, 0.25) is 0 Å². The van der Waals surface area contributed by atoms with Crippen LogP contribution in [0.15, 0.2) is 24.3 Å². The molecule has 0 aliphatic heterocycles. The molecule has 2 atom stereocenters. The van der Waals surface area contributed by atoms with E-state index in [9.17, 15) is 14.0 Å². The van der Waals surface area contributed by atoms with E-state index in [0.29, 0.717) is 29.1 Å². The number of likely N-dealkylation sites (N-methyl/N-ethyl adjacent to an activating group) is 1. The summed E-state index contributed by atoms with van der Waals surface area (Å²) < 4.78 is 18.1. The largest absolute Gasteiger partial charge is 0.465 e. The third-order valence-electron chi connectivity index (χ3n) is 4.58. The van der Waals surface area contributed by atoms with Crippen LogP contribution in [0, 0.1) is 19.7 Å². The monoisotopic (exact) mass is 347 g/mol. The summed E-state index contributed by atoms with van der Waals surface area (Å²) >= 11 is 0. The molecule has 0 saturated carbocycles. The van der Waals surface area contributed by atoms with Crippen molar-refractivity contribution in [1.29, 1.82) is 0 Å². The van der Waals surface area contributed by atoms with Crippen molar-refractivity contribution in [2.24, 2.45) is 0 Å². The lowest BCUT2D eigenvalue weighted by Crippen LogP contribution is -3.12. The number of quaternary nitrogens is 1. The summed E-state index contributed by atoms with van der Waals surface area (Å²) in [6.45, 7) is 5.82. The molecule has 134 valence electrons. The highest BCUT2D eigenvalue weighted by Gasteiger charge is 2.29. The summed E-state index contributed by atoms with van der Waals surface area (Å²) in [6.07, 6.45) is 0. The van der Waals surface area contributed by atoms with Crippen LogP contribution in [-0.2, 0) is 11.3 Å². The molecule has 1 heterocycles. The van der Waals surface area contributed by atoms with Gasteiger partial charge in [0.15, 0.2) is 6.04 Å². The number of aromatic nitrogens is 1. The van der Waals surface area contributed by atoms with Crippen molar-refractivity contribution >= 4 is 11.8 Å². The standard InChI is InChI=1S/C19H23FN2O3/c1-11-16(19(24)25-5)12(2)21-17(11)18(23)13(3)22(4)10-14-7-6-8-15(20)9-14/h6-9,13,21H,10H2,1-5H3/p+1/t13-/m0/s1. The van der Waals surface area contributed by atoms with E-state index in [0.717, 1.165) is 10.5 Å². The highest BCUT2D eigenvalue weighted by molar-refractivity contribution is 6.03. The first-order valence-electron chi connectivity index (χ1n) is 8.14. The third kappa shape index (κ3) is 3.96. The van der Waals surface area contributed by atoms with Crippen molar-refractivity contribution in [1.82, 2.24) is 4.98 Å². The first-order valence-corrected chi connectivity index (χ1v) is 8.14. The number of halogens is 1. The Morgan fingerprint density at radius 3 is 2.60 bits per heavy atom. The van der Waals surface area contributed by atoms with Gasteiger partial charge in [-0.05, 0) is 38.5 Å². The molecule has 25 heavy (non-hydrogen) atoms. The number of Topliss-reactive ketones (excluding diaryl/α,β-unsaturated/α-hetero) is 1. The summed E-state index contributed by atoms with van der Waals surface area (Å²) in [6, 6.07) is 6.01. The Hall–Kier alpha value is -2.47. The minimum atomic E-state index is -0.460. The minimum absolute atomic E-state index is 0.0929. The predicted molar refractivity (Wildman–Crippen MR) is 92.4 cm³/mol. The van der Waals surface area contributed by atoms with Gasteiger partial charge in [0.25, 0.3) is 0 Å². The number of ketones is 1. The van der Waals surface area contributed by atoms with Gasteiger partial charge in [0.1, 0.15) is 12.4 Å². The summed E-state index contributed by atoms with van der Waals surface area (Å²) in [5, 5.41) is 0. The smallest absolute Gasteiger partial charge is 0.339 e. The molecule has 0 aliphatic carbocycles. The number of ether oxygens (including phenoxy) is 1. The number of aryl methyl sites for hydroxylation is 1. The van der Waals surface area contributed by atoms with Crippen LogP contribution in [-0.4, -0.2) is 36.9 Å². The Morgan fingerprint density at radius 1 is 1.32 bits per heavy atom. The van der Waals surface area contributed by atoms with E-state index in [-0.39, 0.29) is 17.6 Å². The molecule has 1 aromatic carbocycles. The lowest BCUT2D eigenvalue weighted by molar-refractivity contribution is -0.907. The normalized spacial score (nSPS) is 13.4. The van der Waals surface area contributed by atoms with Gasteiger partial charge in [0.2, 0.25) is 5.78 Å². The van der Waals surface area contributed by atoms with Gasteiger partial charge in [-0.1, -0.05) is 12.1 Å². The Bertz CT molecular complexity index is 798. The van der Waals surface area contributed by atoms with Gasteiger partial charge in [0, 0.05) is 11.3 Å². The van der Waals surface area contributed by atoms with Gasteiger partial charge in [-0.15, -0.1) is 0 Å². The second-order valence-corrected chi connectivity index (χ2v) is 6.36. The van der Waals surface area contributed by atoms with Gasteiger partial charge in [0.05, 0.1) is 25.4 Å². The summed E-state index contributed by atoms with van der Waals surface area (Å²) in [7, 11) is 3.20. The molecule has 0 spiro atoms. The SMILES string of the molecule is COC(=O)c1c(C)[nH]c(C(=O)[C@H](C)[NH+](C)Cc2cccc(F)c2)c1C. The summed E-state index contributed by atoms with van der Waals surface area (Å²) in [5.41, 5.74) is 2.86. The van der Waals surface area contributed by atoms with E-state index < -0.39 is 5.97 Å². The molecule has 0 fully saturated rings. The quantitative estimate of drug-likeness (QED) is 0.619. The number of carbonyl (C=O) groups excluding carboxylic acids is 2. The van der Waals surface area contributed by atoms with Gasteiger partial charge in [-0.25, -0.2) is 9.18 Å². The van der Waals surface area contributed by atoms with Crippen LogP contribution >= 0.6 is 0 Å². The molecule has 0 aliphatic rings. The van der Waals surface area contributed by atoms with E-state index in [2.05, 4.69) is 4.98 Å². The predicted octanol–water partition coefficient (Wildman–Crippen LogP) is 1.84. The molecule has 6 heteroatoms. The molecule has 2 aromatic rings. The molecule has 0 saturated heterocycles. The van der Waals surface area contributed by atoms with Crippen LogP contribution in [0.25, 0.3) is 0 Å². The topological polar surface area (TPSA) is 63.6 Å².